The van der Waals surface area contributed by atoms with Crippen molar-refractivity contribution in [2.45, 2.75) is 26.8 Å². The summed E-state index contributed by atoms with van der Waals surface area (Å²) in [7, 11) is 1.71. The van der Waals surface area contributed by atoms with E-state index in [4.69, 9.17) is 0 Å². The van der Waals surface area contributed by atoms with Gasteiger partial charge in [-0.05, 0) is 36.6 Å². The summed E-state index contributed by atoms with van der Waals surface area (Å²) in [4.78, 5) is 31.2. The second-order valence-corrected chi connectivity index (χ2v) is 7.24. The average Bonchev–Trinajstić information content (AvgIpc) is 2.70. The Morgan fingerprint density at radius 3 is 2.50 bits per heavy atom. The molecule has 0 atom stereocenters. The third-order valence-electron chi connectivity index (χ3n) is 4.71. The number of carbonyl (C=O) groups is 1. The number of hydrogen-bond donors (Lipinski definition) is 1. The molecule has 3 aromatic rings. The van der Waals surface area contributed by atoms with Gasteiger partial charge < -0.3 is 10.2 Å². The monoisotopic (exact) mass is 378 g/mol. The maximum atomic E-state index is 12.8. The van der Waals surface area contributed by atoms with E-state index in [1.165, 1.54) is 4.57 Å². The number of hydrogen-bond acceptors (Lipinski definition) is 4. The summed E-state index contributed by atoms with van der Waals surface area (Å²) in [6.45, 7) is 4.98. The molecule has 1 N–H and O–H groups in total. The highest BCUT2D eigenvalue weighted by Crippen LogP contribution is 2.20. The van der Waals surface area contributed by atoms with Gasteiger partial charge in [-0.1, -0.05) is 44.2 Å². The number of rotatable bonds is 7. The molecule has 0 unspecified atom stereocenters. The van der Waals surface area contributed by atoms with Crippen LogP contribution in [0.5, 0.6) is 0 Å². The lowest BCUT2D eigenvalue weighted by Crippen LogP contribution is -2.35. The second-order valence-electron chi connectivity index (χ2n) is 7.24. The van der Waals surface area contributed by atoms with E-state index in [9.17, 15) is 9.59 Å². The summed E-state index contributed by atoms with van der Waals surface area (Å²) in [6, 6.07) is 16.9. The van der Waals surface area contributed by atoms with Crippen molar-refractivity contribution < 1.29 is 4.79 Å². The average molecular weight is 378 g/mol. The fourth-order valence-corrected chi connectivity index (χ4v) is 3.03. The van der Waals surface area contributed by atoms with Crippen LogP contribution in [-0.2, 0) is 11.3 Å². The van der Waals surface area contributed by atoms with Crippen LogP contribution in [0.3, 0.4) is 0 Å². The van der Waals surface area contributed by atoms with Crippen molar-refractivity contribution in [1.29, 1.82) is 0 Å². The van der Waals surface area contributed by atoms with E-state index in [0.717, 1.165) is 24.0 Å². The van der Waals surface area contributed by atoms with Crippen LogP contribution >= 0.6 is 0 Å². The summed E-state index contributed by atoms with van der Waals surface area (Å²) in [5, 5.41) is 4.10. The van der Waals surface area contributed by atoms with E-state index < -0.39 is 5.69 Å². The van der Waals surface area contributed by atoms with Crippen molar-refractivity contribution in [2.75, 3.05) is 23.8 Å². The Bertz CT molecular complexity index is 1010. The molecule has 1 aromatic heterocycles. The first-order chi connectivity index (χ1) is 13.5. The molecule has 3 rings (SSSR count). The minimum Gasteiger partial charge on any atom is -0.369 e. The lowest BCUT2D eigenvalue weighted by Gasteiger charge is -2.19. The molecule has 0 aliphatic carbocycles. The standard InChI is InChI=1S/C22H26N4O2/c1-16(2)13-14-23-21-18-11-7-8-12-19(18)26(22(28)24-21)15-20(27)25(3)17-9-5-4-6-10-17/h4-12,16H,13-15H2,1-3H3,(H,23,24,28). The number of carbonyl (C=O) groups excluding carboxylic acids is 1. The van der Waals surface area contributed by atoms with Gasteiger partial charge >= 0.3 is 5.69 Å². The van der Waals surface area contributed by atoms with Crippen LogP contribution in [0.15, 0.2) is 59.4 Å². The molecule has 6 heteroatoms. The Balaban J connectivity index is 1.90. The lowest BCUT2D eigenvalue weighted by atomic mass is 10.1. The lowest BCUT2D eigenvalue weighted by molar-refractivity contribution is -0.118. The van der Waals surface area contributed by atoms with Crippen molar-refractivity contribution in [3.05, 3.63) is 65.1 Å². The Morgan fingerprint density at radius 2 is 1.79 bits per heavy atom. The number of nitrogens with one attached hydrogen (secondary N) is 1. The molecule has 0 saturated heterocycles. The summed E-state index contributed by atoms with van der Waals surface area (Å²) in [5.74, 6) is 0.951. The topological polar surface area (TPSA) is 67.2 Å². The quantitative estimate of drug-likeness (QED) is 0.683. The molecule has 0 fully saturated rings. The molecule has 1 amide bonds. The number of fused-ring (bicyclic) bond motifs is 1. The molecular weight excluding hydrogens is 352 g/mol. The zero-order valence-corrected chi connectivity index (χ0v) is 16.6. The van der Waals surface area contributed by atoms with Crippen LogP contribution in [0.4, 0.5) is 11.5 Å². The first-order valence-corrected chi connectivity index (χ1v) is 9.52. The molecular formula is C22H26N4O2. The van der Waals surface area contributed by atoms with Gasteiger partial charge in [-0.3, -0.25) is 9.36 Å². The largest absolute Gasteiger partial charge is 0.369 e. The van der Waals surface area contributed by atoms with Gasteiger partial charge in [0.1, 0.15) is 12.4 Å². The van der Waals surface area contributed by atoms with Gasteiger partial charge in [-0.25, -0.2) is 4.79 Å². The maximum absolute atomic E-state index is 12.8. The van der Waals surface area contributed by atoms with Gasteiger partial charge in [0.05, 0.1) is 5.52 Å². The van der Waals surface area contributed by atoms with E-state index in [1.54, 1.807) is 11.9 Å². The fraction of sp³-hybridized carbons (Fsp3) is 0.318. The van der Waals surface area contributed by atoms with Gasteiger partial charge in [-0.15, -0.1) is 0 Å². The normalized spacial score (nSPS) is 11.0. The highest BCUT2D eigenvalue weighted by atomic mass is 16.2. The van der Waals surface area contributed by atoms with E-state index in [2.05, 4.69) is 24.1 Å². The highest BCUT2D eigenvalue weighted by molar-refractivity contribution is 5.94. The molecule has 6 nitrogen and oxygen atoms in total. The van der Waals surface area contributed by atoms with Crippen molar-refractivity contribution in [3.63, 3.8) is 0 Å². The van der Waals surface area contributed by atoms with Gasteiger partial charge in [0.2, 0.25) is 5.91 Å². The third-order valence-corrected chi connectivity index (χ3v) is 4.71. The summed E-state index contributed by atoms with van der Waals surface area (Å²) >= 11 is 0. The number of amides is 1. The number of likely N-dealkylation sites (N-methyl/N-ethyl adjacent to an activating group) is 1. The molecule has 2 aromatic carbocycles. The van der Waals surface area contributed by atoms with E-state index in [-0.39, 0.29) is 12.5 Å². The molecule has 0 spiro atoms. The smallest absolute Gasteiger partial charge is 0.350 e. The van der Waals surface area contributed by atoms with Crippen LogP contribution in [0.2, 0.25) is 0 Å². The van der Waals surface area contributed by atoms with Crippen LogP contribution in [-0.4, -0.2) is 29.1 Å². The summed E-state index contributed by atoms with van der Waals surface area (Å²) in [5.41, 5.74) is 1.05. The molecule has 146 valence electrons. The van der Waals surface area contributed by atoms with Crippen LogP contribution in [0.25, 0.3) is 10.9 Å². The second kappa shape index (κ2) is 8.69. The molecule has 0 bridgehead atoms. The molecule has 28 heavy (non-hydrogen) atoms. The van der Waals surface area contributed by atoms with Crippen LogP contribution < -0.4 is 15.9 Å². The van der Waals surface area contributed by atoms with Gasteiger partial charge in [-0.2, -0.15) is 4.98 Å². The number of anilines is 2. The number of aromatic nitrogens is 2. The first kappa shape index (κ1) is 19.6. The Morgan fingerprint density at radius 1 is 1.11 bits per heavy atom. The molecule has 0 aliphatic rings. The fourth-order valence-electron chi connectivity index (χ4n) is 3.03. The molecule has 0 aliphatic heterocycles. The zero-order chi connectivity index (χ0) is 20.1. The summed E-state index contributed by atoms with van der Waals surface area (Å²) in [6.07, 6.45) is 0.986. The van der Waals surface area contributed by atoms with Crippen molar-refractivity contribution in [1.82, 2.24) is 9.55 Å². The van der Waals surface area contributed by atoms with Crippen molar-refractivity contribution >= 4 is 28.3 Å². The van der Waals surface area contributed by atoms with E-state index in [0.29, 0.717) is 17.3 Å². The number of nitrogens with zero attached hydrogens (tertiary/aromatic N) is 3. The third kappa shape index (κ3) is 4.39. The van der Waals surface area contributed by atoms with E-state index in [1.807, 2.05) is 54.6 Å². The molecule has 0 saturated carbocycles. The predicted molar refractivity (Wildman–Crippen MR) is 114 cm³/mol. The Labute approximate surface area is 164 Å². The highest BCUT2D eigenvalue weighted by Gasteiger charge is 2.16. The number of para-hydroxylation sites is 2. The molecule has 0 radical (unpaired) electrons. The summed E-state index contributed by atoms with van der Waals surface area (Å²) < 4.78 is 1.44. The minimum absolute atomic E-state index is 0.0655. The van der Waals surface area contributed by atoms with Gasteiger partial charge in [0, 0.05) is 24.7 Å². The van der Waals surface area contributed by atoms with Crippen LogP contribution in [0.1, 0.15) is 20.3 Å². The molecule has 1 heterocycles. The Hall–Kier alpha value is -3.15. The SMILES string of the molecule is CC(C)CCNc1nc(=O)n(CC(=O)N(C)c2ccccc2)c2ccccc12. The van der Waals surface area contributed by atoms with Crippen LogP contribution in [0, 0.1) is 5.92 Å². The van der Waals surface area contributed by atoms with Gasteiger partial charge in [0.25, 0.3) is 0 Å². The van der Waals surface area contributed by atoms with Gasteiger partial charge in [0.15, 0.2) is 0 Å². The minimum atomic E-state index is -0.430. The zero-order valence-electron chi connectivity index (χ0n) is 16.6. The maximum Gasteiger partial charge on any atom is 0.350 e. The van der Waals surface area contributed by atoms with Crippen molar-refractivity contribution in [2.24, 2.45) is 5.92 Å². The predicted octanol–water partition coefficient (Wildman–Crippen LogP) is 3.52. The first-order valence-electron chi connectivity index (χ1n) is 9.52. The van der Waals surface area contributed by atoms with Crippen molar-refractivity contribution in [3.8, 4) is 0 Å². The van der Waals surface area contributed by atoms with E-state index >= 15 is 0 Å². The number of benzene rings is 2. The Kier molecular flexibility index (Phi) is 6.09.